The van der Waals surface area contributed by atoms with Gasteiger partial charge in [-0.05, 0) is 24.3 Å². The standard InChI is InChI=1S/C15H11ClF2N2O/c1-21-14-7-10(3-4-11(14)18)20-13-5-2-9(17)6-12(13)19-15(20)8-16/h2-7H,8H2,1H3. The minimum atomic E-state index is -0.455. The highest BCUT2D eigenvalue weighted by Crippen LogP contribution is 2.27. The molecule has 1 aromatic heterocycles. The van der Waals surface area contributed by atoms with Gasteiger partial charge in [0.2, 0.25) is 0 Å². The van der Waals surface area contributed by atoms with Crippen molar-refractivity contribution in [2.24, 2.45) is 0 Å². The number of aromatic nitrogens is 2. The van der Waals surface area contributed by atoms with Gasteiger partial charge in [0.1, 0.15) is 11.6 Å². The number of benzene rings is 2. The van der Waals surface area contributed by atoms with Crippen LogP contribution in [0.25, 0.3) is 16.7 Å². The van der Waals surface area contributed by atoms with Crippen LogP contribution in [-0.4, -0.2) is 16.7 Å². The smallest absolute Gasteiger partial charge is 0.165 e. The summed E-state index contributed by atoms with van der Waals surface area (Å²) in [5.74, 6) is -0.00675. The molecule has 6 heteroatoms. The number of rotatable bonds is 3. The van der Waals surface area contributed by atoms with Crippen molar-refractivity contribution >= 4 is 22.6 Å². The molecule has 0 fully saturated rings. The van der Waals surface area contributed by atoms with Gasteiger partial charge in [0, 0.05) is 12.1 Å². The summed E-state index contributed by atoms with van der Waals surface area (Å²) in [6.07, 6.45) is 0. The Morgan fingerprint density at radius 3 is 2.71 bits per heavy atom. The van der Waals surface area contributed by atoms with Gasteiger partial charge in [0.05, 0.1) is 29.7 Å². The lowest BCUT2D eigenvalue weighted by atomic mass is 10.2. The van der Waals surface area contributed by atoms with Gasteiger partial charge < -0.3 is 4.74 Å². The number of halogens is 3. The number of imidazole rings is 1. The molecule has 0 bridgehead atoms. The first-order chi connectivity index (χ1) is 10.1. The van der Waals surface area contributed by atoms with Crippen molar-refractivity contribution in [1.82, 2.24) is 9.55 Å². The zero-order valence-electron chi connectivity index (χ0n) is 11.1. The van der Waals surface area contributed by atoms with E-state index in [0.29, 0.717) is 22.5 Å². The Bertz CT molecular complexity index is 817. The third-order valence-corrected chi connectivity index (χ3v) is 3.44. The Morgan fingerprint density at radius 1 is 1.19 bits per heavy atom. The Balaban J connectivity index is 2.28. The molecule has 108 valence electrons. The first kappa shape index (κ1) is 13.8. The normalized spacial score (nSPS) is 11.0. The second-order valence-corrected chi connectivity index (χ2v) is 4.72. The lowest BCUT2D eigenvalue weighted by Gasteiger charge is -2.10. The summed E-state index contributed by atoms with van der Waals surface area (Å²) < 4.78 is 33.6. The average Bonchev–Trinajstić information content (AvgIpc) is 2.85. The van der Waals surface area contributed by atoms with Gasteiger partial charge in [-0.3, -0.25) is 4.57 Å². The molecule has 21 heavy (non-hydrogen) atoms. The predicted octanol–water partition coefficient (Wildman–Crippen LogP) is 4.05. The number of alkyl halides is 1. The van der Waals surface area contributed by atoms with Crippen molar-refractivity contribution in [1.29, 1.82) is 0 Å². The zero-order valence-corrected chi connectivity index (χ0v) is 11.9. The molecule has 0 atom stereocenters. The number of methoxy groups -OCH3 is 1. The molecule has 0 N–H and O–H groups in total. The van der Waals surface area contributed by atoms with E-state index >= 15 is 0 Å². The minimum Gasteiger partial charge on any atom is -0.494 e. The fourth-order valence-electron chi connectivity index (χ4n) is 2.27. The average molecular weight is 309 g/mol. The quantitative estimate of drug-likeness (QED) is 0.683. The van der Waals surface area contributed by atoms with Crippen LogP contribution >= 0.6 is 11.6 Å². The number of fused-ring (bicyclic) bond motifs is 1. The molecule has 1 heterocycles. The topological polar surface area (TPSA) is 27.1 Å². The number of nitrogens with zero attached hydrogens (tertiary/aromatic N) is 2. The molecule has 0 amide bonds. The van der Waals surface area contributed by atoms with Gasteiger partial charge in [-0.15, -0.1) is 11.6 Å². The van der Waals surface area contributed by atoms with Crippen LogP contribution in [0.5, 0.6) is 5.75 Å². The number of ether oxygens (including phenoxy) is 1. The third kappa shape index (κ3) is 2.34. The van der Waals surface area contributed by atoms with Crippen molar-refractivity contribution in [3.05, 3.63) is 53.9 Å². The lowest BCUT2D eigenvalue weighted by molar-refractivity contribution is 0.386. The van der Waals surface area contributed by atoms with Crippen molar-refractivity contribution in [2.75, 3.05) is 7.11 Å². The summed E-state index contributed by atoms with van der Waals surface area (Å²) >= 11 is 5.92. The van der Waals surface area contributed by atoms with Crippen molar-refractivity contribution in [3.8, 4) is 11.4 Å². The molecule has 3 nitrogen and oxygen atoms in total. The molecule has 0 saturated heterocycles. The van der Waals surface area contributed by atoms with E-state index in [2.05, 4.69) is 4.98 Å². The minimum absolute atomic E-state index is 0.122. The predicted molar refractivity (Wildman–Crippen MR) is 77.1 cm³/mol. The van der Waals surface area contributed by atoms with E-state index < -0.39 is 5.82 Å². The molecule has 0 aliphatic heterocycles. The van der Waals surface area contributed by atoms with Crippen LogP contribution in [0.2, 0.25) is 0 Å². The van der Waals surface area contributed by atoms with Gasteiger partial charge in [0.25, 0.3) is 0 Å². The van der Waals surface area contributed by atoms with E-state index in [1.165, 1.54) is 25.3 Å². The van der Waals surface area contributed by atoms with Crippen molar-refractivity contribution < 1.29 is 13.5 Å². The van der Waals surface area contributed by atoms with Crippen LogP contribution in [0.15, 0.2) is 36.4 Å². The maximum absolute atomic E-state index is 13.5. The third-order valence-electron chi connectivity index (χ3n) is 3.20. The highest BCUT2D eigenvalue weighted by atomic mass is 35.5. The van der Waals surface area contributed by atoms with Crippen molar-refractivity contribution in [3.63, 3.8) is 0 Å². The maximum Gasteiger partial charge on any atom is 0.165 e. The highest BCUT2D eigenvalue weighted by Gasteiger charge is 2.14. The van der Waals surface area contributed by atoms with E-state index in [-0.39, 0.29) is 17.4 Å². The fraction of sp³-hybridized carbons (Fsp3) is 0.133. The summed E-state index contributed by atoms with van der Waals surface area (Å²) in [7, 11) is 1.39. The Labute approximate surface area is 124 Å². The summed E-state index contributed by atoms with van der Waals surface area (Å²) in [5, 5.41) is 0. The van der Waals surface area contributed by atoms with E-state index in [0.717, 1.165) is 0 Å². The Hall–Kier alpha value is -2.14. The second kappa shape index (κ2) is 5.33. The van der Waals surface area contributed by atoms with Crippen LogP contribution in [-0.2, 0) is 5.88 Å². The van der Waals surface area contributed by atoms with Crippen LogP contribution in [0, 0.1) is 11.6 Å². The van der Waals surface area contributed by atoms with E-state index in [1.54, 1.807) is 22.8 Å². The SMILES string of the molecule is COc1cc(-n2c(CCl)nc3cc(F)ccc32)ccc1F. The summed E-state index contributed by atoms with van der Waals surface area (Å²) in [5.41, 5.74) is 1.84. The molecule has 3 rings (SSSR count). The second-order valence-electron chi connectivity index (χ2n) is 4.45. The lowest BCUT2D eigenvalue weighted by Crippen LogP contribution is -2.00. The van der Waals surface area contributed by atoms with Crippen LogP contribution < -0.4 is 4.74 Å². The molecule has 3 aromatic rings. The summed E-state index contributed by atoms with van der Waals surface area (Å²) in [6, 6.07) is 8.75. The van der Waals surface area contributed by atoms with Gasteiger partial charge in [-0.2, -0.15) is 0 Å². The molecule has 0 unspecified atom stereocenters. The van der Waals surface area contributed by atoms with Crippen LogP contribution in [0.3, 0.4) is 0 Å². The molecular weight excluding hydrogens is 298 g/mol. The molecule has 2 aromatic carbocycles. The molecular formula is C15H11ClF2N2O. The molecule has 0 spiro atoms. The zero-order chi connectivity index (χ0) is 15.0. The first-order valence-corrected chi connectivity index (χ1v) is 6.74. The largest absolute Gasteiger partial charge is 0.494 e. The fourth-order valence-corrected chi connectivity index (χ4v) is 2.45. The van der Waals surface area contributed by atoms with E-state index in [4.69, 9.17) is 16.3 Å². The Morgan fingerprint density at radius 2 is 2.00 bits per heavy atom. The molecule has 0 aliphatic rings. The van der Waals surface area contributed by atoms with Gasteiger partial charge in [-0.1, -0.05) is 0 Å². The summed E-state index contributed by atoms with van der Waals surface area (Å²) in [4.78, 5) is 4.30. The number of hydrogen-bond acceptors (Lipinski definition) is 2. The van der Waals surface area contributed by atoms with Crippen molar-refractivity contribution in [2.45, 2.75) is 5.88 Å². The van der Waals surface area contributed by atoms with Gasteiger partial charge in [-0.25, -0.2) is 13.8 Å². The van der Waals surface area contributed by atoms with Crippen LogP contribution in [0.1, 0.15) is 5.82 Å². The van der Waals surface area contributed by atoms with Gasteiger partial charge >= 0.3 is 0 Å². The highest BCUT2D eigenvalue weighted by molar-refractivity contribution is 6.17. The monoisotopic (exact) mass is 308 g/mol. The number of hydrogen-bond donors (Lipinski definition) is 0. The maximum atomic E-state index is 13.5. The first-order valence-electron chi connectivity index (χ1n) is 6.21. The molecule has 0 saturated carbocycles. The Kier molecular flexibility index (Phi) is 3.51. The van der Waals surface area contributed by atoms with Crippen LogP contribution in [0.4, 0.5) is 8.78 Å². The molecule has 0 radical (unpaired) electrons. The summed E-state index contributed by atoms with van der Waals surface area (Å²) in [6.45, 7) is 0. The van der Waals surface area contributed by atoms with E-state index in [9.17, 15) is 8.78 Å². The molecule has 0 aliphatic carbocycles. The van der Waals surface area contributed by atoms with E-state index in [1.807, 2.05) is 0 Å². The van der Waals surface area contributed by atoms with Gasteiger partial charge in [0.15, 0.2) is 11.6 Å².